The molecule has 1 aromatic heterocycles. The zero-order valence-electron chi connectivity index (χ0n) is 14.6. The Balaban J connectivity index is 1.67. The Morgan fingerprint density at radius 3 is 2.62 bits per heavy atom. The molecule has 3 rings (SSSR count). The summed E-state index contributed by atoms with van der Waals surface area (Å²) < 4.78 is 27.3. The first-order valence-corrected chi connectivity index (χ1v) is 12.0. The summed E-state index contributed by atoms with van der Waals surface area (Å²) >= 11 is 2.76. The summed E-state index contributed by atoms with van der Waals surface area (Å²) in [5.41, 5.74) is 0.780. The Kier molecular flexibility index (Phi) is 6.39. The Hall–Kier alpha value is -1.35. The molecule has 1 fully saturated rings. The molecule has 0 radical (unpaired) electrons. The molecule has 0 saturated carbocycles. The quantitative estimate of drug-likeness (QED) is 0.735. The largest absolute Gasteiger partial charge is 0.325 e. The summed E-state index contributed by atoms with van der Waals surface area (Å²) in [7, 11) is -3.43. The van der Waals surface area contributed by atoms with E-state index in [0.717, 1.165) is 34.7 Å². The highest BCUT2D eigenvalue weighted by Gasteiger charge is 2.27. The number of carbonyl (C=O) groups is 1. The average Bonchev–Trinajstić information content (AvgIpc) is 3.12. The third kappa shape index (κ3) is 4.49. The van der Waals surface area contributed by atoms with E-state index < -0.39 is 10.0 Å². The Labute approximate surface area is 162 Å². The first kappa shape index (κ1) is 19.4. The zero-order chi connectivity index (χ0) is 18.6. The van der Waals surface area contributed by atoms with Gasteiger partial charge in [0.15, 0.2) is 0 Å². The predicted molar refractivity (Wildman–Crippen MR) is 107 cm³/mol. The van der Waals surface area contributed by atoms with E-state index in [0.29, 0.717) is 17.3 Å². The number of piperidine rings is 1. The maximum Gasteiger partial charge on any atom is 0.252 e. The van der Waals surface area contributed by atoms with Crippen molar-refractivity contribution in [2.24, 2.45) is 0 Å². The minimum absolute atomic E-state index is 0.143. The molecule has 1 aliphatic heterocycles. The van der Waals surface area contributed by atoms with Gasteiger partial charge in [0.1, 0.15) is 4.21 Å². The van der Waals surface area contributed by atoms with Crippen LogP contribution in [-0.2, 0) is 21.2 Å². The SMILES string of the molecule is CSc1ccccc1NC(=O)Cc1ccc(S(=O)(=O)N2CCCCC2)s1. The molecule has 1 aliphatic rings. The Morgan fingerprint density at radius 1 is 1.15 bits per heavy atom. The second kappa shape index (κ2) is 8.56. The van der Waals surface area contributed by atoms with E-state index in [2.05, 4.69) is 5.32 Å². The number of hydrogen-bond donors (Lipinski definition) is 1. The molecule has 1 amide bonds. The predicted octanol–water partition coefficient (Wildman–Crippen LogP) is 3.83. The van der Waals surface area contributed by atoms with Crippen LogP contribution < -0.4 is 5.32 Å². The van der Waals surface area contributed by atoms with Crippen molar-refractivity contribution in [1.82, 2.24) is 4.31 Å². The third-order valence-electron chi connectivity index (χ3n) is 4.26. The van der Waals surface area contributed by atoms with E-state index in [1.165, 1.54) is 11.3 Å². The lowest BCUT2D eigenvalue weighted by Crippen LogP contribution is -2.35. The molecule has 0 spiro atoms. The molecule has 1 aromatic carbocycles. The van der Waals surface area contributed by atoms with Crippen LogP contribution in [0.25, 0.3) is 0 Å². The highest BCUT2D eigenvalue weighted by Crippen LogP contribution is 2.28. The topological polar surface area (TPSA) is 66.5 Å². The normalized spacial score (nSPS) is 15.7. The van der Waals surface area contributed by atoms with E-state index >= 15 is 0 Å². The first-order chi connectivity index (χ1) is 12.5. The maximum atomic E-state index is 12.7. The van der Waals surface area contributed by atoms with Crippen molar-refractivity contribution in [3.8, 4) is 0 Å². The fraction of sp³-hybridized carbons (Fsp3) is 0.389. The van der Waals surface area contributed by atoms with E-state index in [4.69, 9.17) is 0 Å². The number of sulfonamides is 1. The van der Waals surface area contributed by atoms with Crippen molar-refractivity contribution in [2.45, 2.75) is 34.8 Å². The number of thiophene rings is 1. The summed E-state index contributed by atoms with van der Waals surface area (Å²) in [6.45, 7) is 1.17. The molecule has 0 bridgehead atoms. The van der Waals surface area contributed by atoms with E-state index in [9.17, 15) is 13.2 Å². The van der Waals surface area contributed by atoms with Gasteiger partial charge in [-0.1, -0.05) is 18.6 Å². The average molecular weight is 411 g/mol. The number of nitrogens with zero attached hydrogens (tertiary/aromatic N) is 1. The lowest BCUT2D eigenvalue weighted by molar-refractivity contribution is -0.115. The van der Waals surface area contributed by atoms with Crippen LogP contribution in [0.4, 0.5) is 5.69 Å². The Morgan fingerprint density at radius 2 is 1.88 bits per heavy atom. The second-order valence-corrected chi connectivity index (χ2v) is 10.3. The molecule has 26 heavy (non-hydrogen) atoms. The fourth-order valence-electron chi connectivity index (χ4n) is 2.92. The summed E-state index contributed by atoms with van der Waals surface area (Å²) in [4.78, 5) is 14.1. The van der Waals surface area contributed by atoms with Gasteiger partial charge in [-0.2, -0.15) is 4.31 Å². The van der Waals surface area contributed by atoms with Gasteiger partial charge in [0.2, 0.25) is 5.91 Å². The van der Waals surface area contributed by atoms with Crippen LogP contribution in [0.15, 0.2) is 45.5 Å². The minimum Gasteiger partial charge on any atom is -0.325 e. The van der Waals surface area contributed by atoms with Gasteiger partial charge in [0.05, 0.1) is 12.1 Å². The molecule has 8 heteroatoms. The van der Waals surface area contributed by atoms with Gasteiger partial charge in [-0.05, 0) is 43.4 Å². The van der Waals surface area contributed by atoms with Crippen LogP contribution in [0, 0.1) is 0 Å². The van der Waals surface area contributed by atoms with Crippen molar-refractivity contribution >= 4 is 44.7 Å². The number of hydrogen-bond acceptors (Lipinski definition) is 5. The van der Waals surface area contributed by atoms with Crippen molar-refractivity contribution < 1.29 is 13.2 Å². The number of anilines is 1. The van der Waals surface area contributed by atoms with Crippen LogP contribution in [0.1, 0.15) is 24.1 Å². The van der Waals surface area contributed by atoms with Crippen LogP contribution in [0.5, 0.6) is 0 Å². The van der Waals surface area contributed by atoms with E-state index in [-0.39, 0.29) is 12.3 Å². The van der Waals surface area contributed by atoms with Gasteiger partial charge in [-0.15, -0.1) is 23.1 Å². The lowest BCUT2D eigenvalue weighted by atomic mass is 10.2. The number of para-hydroxylation sites is 1. The molecule has 5 nitrogen and oxygen atoms in total. The number of nitrogens with one attached hydrogen (secondary N) is 1. The summed E-state index contributed by atoms with van der Waals surface area (Å²) in [6.07, 6.45) is 5.04. The van der Waals surface area contributed by atoms with Gasteiger partial charge in [-0.25, -0.2) is 8.42 Å². The van der Waals surface area contributed by atoms with Gasteiger partial charge < -0.3 is 5.32 Å². The van der Waals surface area contributed by atoms with Gasteiger partial charge in [0, 0.05) is 22.9 Å². The monoisotopic (exact) mass is 410 g/mol. The second-order valence-electron chi connectivity index (χ2n) is 6.11. The molecule has 0 unspecified atom stereocenters. The lowest BCUT2D eigenvalue weighted by Gasteiger charge is -2.25. The fourth-order valence-corrected chi connectivity index (χ4v) is 6.50. The maximum absolute atomic E-state index is 12.7. The van der Waals surface area contributed by atoms with Crippen LogP contribution in [-0.4, -0.2) is 38.0 Å². The number of carbonyl (C=O) groups excluding carboxylic acids is 1. The molecule has 0 atom stereocenters. The number of benzene rings is 1. The summed E-state index contributed by atoms with van der Waals surface area (Å²) in [6, 6.07) is 11.0. The number of thioether (sulfide) groups is 1. The number of rotatable bonds is 6. The first-order valence-electron chi connectivity index (χ1n) is 8.52. The van der Waals surface area contributed by atoms with E-state index in [1.807, 2.05) is 30.5 Å². The van der Waals surface area contributed by atoms with Gasteiger partial charge in [0.25, 0.3) is 10.0 Å². The van der Waals surface area contributed by atoms with Crippen molar-refractivity contribution in [3.05, 3.63) is 41.3 Å². The van der Waals surface area contributed by atoms with E-state index in [1.54, 1.807) is 28.2 Å². The standard InChI is InChI=1S/C18H22N2O3S3/c1-24-16-8-4-3-7-15(16)19-17(21)13-14-9-10-18(25-14)26(22,23)20-11-5-2-6-12-20/h3-4,7-10H,2,5-6,11-13H2,1H3,(H,19,21). The number of amides is 1. The highest BCUT2D eigenvalue weighted by atomic mass is 32.2. The molecular formula is C18H22N2O3S3. The Bertz CT molecular complexity index is 871. The van der Waals surface area contributed by atoms with Crippen LogP contribution >= 0.6 is 23.1 Å². The van der Waals surface area contributed by atoms with Gasteiger partial charge >= 0.3 is 0 Å². The highest BCUT2D eigenvalue weighted by molar-refractivity contribution is 7.98. The van der Waals surface area contributed by atoms with Crippen molar-refractivity contribution in [2.75, 3.05) is 24.7 Å². The smallest absolute Gasteiger partial charge is 0.252 e. The molecule has 140 valence electrons. The molecule has 1 saturated heterocycles. The molecule has 1 N–H and O–H groups in total. The molecule has 2 heterocycles. The van der Waals surface area contributed by atoms with Crippen LogP contribution in [0.3, 0.4) is 0 Å². The van der Waals surface area contributed by atoms with Crippen molar-refractivity contribution in [3.63, 3.8) is 0 Å². The summed E-state index contributed by atoms with van der Waals surface area (Å²) in [5.74, 6) is -0.143. The minimum atomic E-state index is -3.43. The van der Waals surface area contributed by atoms with Crippen molar-refractivity contribution in [1.29, 1.82) is 0 Å². The molecule has 0 aliphatic carbocycles. The van der Waals surface area contributed by atoms with Gasteiger partial charge in [-0.3, -0.25) is 4.79 Å². The third-order valence-corrected chi connectivity index (χ3v) is 8.51. The molecule has 2 aromatic rings. The molecular weight excluding hydrogens is 388 g/mol. The van der Waals surface area contributed by atoms with Crippen LogP contribution in [0.2, 0.25) is 0 Å². The zero-order valence-corrected chi connectivity index (χ0v) is 17.1. The summed E-state index contributed by atoms with van der Waals surface area (Å²) in [5, 5.41) is 2.91.